The highest BCUT2D eigenvalue weighted by Crippen LogP contribution is 2.29. The lowest BCUT2D eigenvalue weighted by Gasteiger charge is -2.41. The topological polar surface area (TPSA) is 41.6 Å². The summed E-state index contributed by atoms with van der Waals surface area (Å²) in [4.78, 5) is 14.7. The van der Waals surface area contributed by atoms with Gasteiger partial charge in [0, 0.05) is 18.8 Å². The highest BCUT2D eigenvalue weighted by atomic mass is 16.5. The summed E-state index contributed by atoms with van der Waals surface area (Å²) in [5.41, 5.74) is 1.71. The van der Waals surface area contributed by atoms with Crippen LogP contribution in [0.4, 0.5) is 5.69 Å². The van der Waals surface area contributed by atoms with E-state index in [1.807, 2.05) is 29.2 Å². The maximum absolute atomic E-state index is 12.7. The van der Waals surface area contributed by atoms with Crippen LogP contribution >= 0.6 is 0 Å². The number of carbonyl (C=O) groups is 1. The first kappa shape index (κ1) is 13.4. The summed E-state index contributed by atoms with van der Waals surface area (Å²) in [6.07, 6.45) is 2.38. The van der Waals surface area contributed by atoms with Gasteiger partial charge in [-0.15, -0.1) is 0 Å². The molecule has 1 aromatic rings. The zero-order valence-electron chi connectivity index (χ0n) is 12.1. The number of amides is 1. The Kier molecular flexibility index (Phi) is 3.66. The molecule has 2 aliphatic rings. The first-order chi connectivity index (χ1) is 9.66. The van der Waals surface area contributed by atoms with Crippen LogP contribution in [0.3, 0.4) is 0 Å². The third-order valence-electron chi connectivity index (χ3n) is 4.11. The maximum Gasteiger partial charge on any atom is 0.257 e. The van der Waals surface area contributed by atoms with Crippen LogP contribution in [0.5, 0.6) is 0 Å². The number of rotatable bonds is 3. The molecule has 1 amide bonds. The van der Waals surface area contributed by atoms with Gasteiger partial charge in [-0.05, 0) is 30.9 Å². The molecule has 2 heterocycles. The van der Waals surface area contributed by atoms with Crippen molar-refractivity contribution >= 4 is 11.6 Å². The lowest BCUT2D eigenvalue weighted by Crippen LogP contribution is -2.53. The van der Waals surface area contributed by atoms with Gasteiger partial charge in [0.15, 0.2) is 0 Å². The second-order valence-corrected chi connectivity index (χ2v) is 5.97. The fourth-order valence-corrected chi connectivity index (χ4v) is 3.04. The van der Waals surface area contributed by atoms with Gasteiger partial charge in [-0.25, -0.2) is 0 Å². The van der Waals surface area contributed by atoms with E-state index in [2.05, 4.69) is 19.2 Å². The third kappa shape index (κ3) is 2.40. The van der Waals surface area contributed by atoms with Crippen LogP contribution in [0.15, 0.2) is 24.3 Å². The molecule has 2 unspecified atom stereocenters. The van der Waals surface area contributed by atoms with E-state index in [-0.39, 0.29) is 18.2 Å². The van der Waals surface area contributed by atoms with Crippen molar-refractivity contribution in [3.05, 3.63) is 29.8 Å². The largest absolute Gasteiger partial charge is 0.376 e. The van der Waals surface area contributed by atoms with E-state index in [4.69, 9.17) is 4.74 Å². The Morgan fingerprint density at radius 3 is 2.90 bits per heavy atom. The second kappa shape index (κ2) is 5.44. The Hall–Kier alpha value is -1.55. The maximum atomic E-state index is 12.7. The first-order valence-corrected chi connectivity index (χ1v) is 7.45. The summed E-state index contributed by atoms with van der Waals surface area (Å²) in [5.74, 6) is 0.474. The average molecular weight is 274 g/mol. The molecule has 0 aromatic heterocycles. The number of ether oxygens (including phenoxy) is 1. The summed E-state index contributed by atoms with van der Waals surface area (Å²) < 4.78 is 5.70. The molecular formula is C16H22N2O2. The van der Waals surface area contributed by atoms with Crippen LogP contribution in [0.25, 0.3) is 0 Å². The monoisotopic (exact) mass is 274 g/mol. The van der Waals surface area contributed by atoms with Crippen molar-refractivity contribution in [2.24, 2.45) is 5.92 Å². The van der Waals surface area contributed by atoms with Gasteiger partial charge in [-0.3, -0.25) is 4.79 Å². The van der Waals surface area contributed by atoms with Crippen molar-refractivity contribution in [1.29, 1.82) is 0 Å². The molecule has 2 aliphatic heterocycles. The zero-order chi connectivity index (χ0) is 14.1. The third-order valence-corrected chi connectivity index (χ3v) is 4.11. The molecule has 20 heavy (non-hydrogen) atoms. The molecule has 0 saturated carbocycles. The highest BCUT2D eigenvalue weighted by Gasteiger charge is 2.35. The first-order valence-electron chi connectivity index (χ1n) is 7.45. The van der Waals surface area contributed by atoms with Crippen LogP contribution < -0.4 is 5.32 Å². The van der Waals surface area contributed by atoms with Crippen molar-refractivity contribution in [3.8, 4) is 0 Å². The smallest absolute Gasteiger partial charge is 0.257 e. The number of hydrogen-bond donors (Lipinski definition) is 1. The summed E-state index contributed by atoms with van der Waals surface area (Å²) >= 11 is 0. The lowest BCUT2D eigenvalue weighted by atomic mass is 10.0. The Morgan fingerprint density at radius 1 is 1.40 bits per heavy atom. The molecule has 0 bridgehead atoms. The van der Waals surface area contributed by atoms with Gasteiger partial charge in [-0.1, -0.05) is 26.0 Å². The number of fused-ring (bicyclic) bond motifs is 1. The van der Waals surface area contributed by atoms with E-state index in [1.54, 1.807) is 0 Å². The number of para-hydroxylation sites is 1. The molecule has 1 aromatic carbocycles. The quantitative estimate of drug-likeness (QED) is 0.921. The van der Waals surface area contributed by atoms with Crippen molar-refractivity contribution in [3.63, 3.8) is 0 Å². The van der Waals surface area contributed by atoms with Crippen LogP contribution in [0.2, 0.25) is 0 Å². The predicted molar refractivity (Wildman–Crippen MR) is 78.7 cm³/mol. The van der Waals surface area contributed by atoms with E-state index in [0.717, 1.165) is 30.7 Å². The van der Waals surface area contributed by atoms with Gasteiger partial charge in [0.25, 0.3) is 5.91 Å². The van der Waals surface area contributed by atoms with Gasteiger partial charge < -0.3 is 15.0 Å². The van der Waals surface area contributed by atoms with E-state index in [0.29, 0.717) is 12.5 Å². The van der Waals surface area contributed by atoms with Crippen molar-refractivity contribution in [2.45, 2.75) is 39.0 Å². The number of nitrogens with one attached hydrogen (secondary N) is 1. The molecule has 4 nitrogen and oxygen atoms in total. The standard InChI is InChI=1S/C16H22N2O2/c1-11(2)15-17-14-8-4-3-7-13(14)16(19)18(15)10-12-6-5-9-20-12/h3-4,7-8,11-12,15,17H,5-6,9-10H2,1-2H3. The minimum atomic E-state index is 0.0431. The Morgan fingerprint density at radius 2 is 2.20 bits per heavy atom. The van der Waals surface area contributed by atoms with Gasteiger partial charge in [0.1, 0.15) is 6.17 Å². The molecular weight excluding hydrogens is 252 g/mol. The molecule has 3 rings (SSSR count). The fourth-order valence-electron chi connectivity index (χ4n) is 3.04. The highest BCUT2D eigenvalue weighted by molar-refractivity contribution is 6.01. The Labute approximate surface area is 120 Å². The van der Waals surface area contributed by atoms with Crippen LogP contribution in [0.1, 0.15) is 37.0 Å². The molecule has 0 aliphatic carbocycles. The molecule has 1 N–H and O–H groups in total. The second-order valence-electron chi connectivity index (χ2n) is 5.97. The SMILES string of the molecule is CC(C)C1Nc2ccccc2C(=O)N1CC1CCCO1. The number of carbonyl (C=O) groups excluding carboxylic acids is 1. The van der Waals surface area contributed by atoms with Gasteiger partial charge in [-0.2, -0.15) is 0 Å². The lowest BCUT2D eigenvalue weighted by molar-refractivity contribution is 0.0374. The molecule has 0 radical (unpaired) electrons. The van der Waals surface area contributed by atoms with Gasteiger partial charge in [0.05, 0.1) is 11.7 Å². The van der Waals surface area contributed by atoms with E-state index in [9.17, 15) is 4.79 Å². The zero-order valence-corrected chi connectivity index (χ0v) is 12.1. The predicted octanol–water partition coefficient (Wildman–Crippen LogP) is 2.72. The van der Waals surface area contributed by atoms with Crippen LogP contribution in [0, 0.1) is 5.92 Å². The summed E-state index contributed by atoms with van der Waals surface area (Å²) in [6.45, 7) is 5.79. The molecule has 1 fully saturated rings. The normalized spacial score (nSPS) is 25.8. The Bertz CT molecular complexity index is 495. The van der Waals surface area contributed by atoms with E-state index < -0.39 is 0 Å². The Balaban J connectivity index is 1.87. The summed E-state index contributed by atoms with van der Waals surface area (Å²) in [6, 6.07) is 7.75. The average Bonchev–Trinajstić information content (AvgIpc) is 2.94. The number of nitrogens with zero attached hydrogens (tertiary/aromatic N) is 1. The van der Waals surface area contributed by atoms with Gasteiger partial charge >= 0.3 is 0 Å². The molecule has 2 atom stereocenters. The van der Waals surface area contributed by atoms with Gasteiger partial charge in [0.2, 0.25) is 0 Å². The minimum absolute atomic E-state index is 0.0431. The van der Waals surface area contributed by atoms with Crippen LogP contribution in [-0.2, 0) is 4.74 Å². The molecule has 1 saturated heterocycles. The molecule has 4 heteroatoms. The number of anilines is 1. The number of hydrogen-bond acceptors (Lipinski definition) is 3. The summed E-state index contributed by atoms with van der Waals surface area (Å²) in [5, 5.41) is 3.50. The van der Waals surface area contributed by atoms with Crippen molar-refractivity contribution in [2.75, 3.05) is 18.5 Å². The minimum Gasteiger partial charge on any atom is -0.376 e. The van der Waals surface area contributed by atoms with Crippen molar-refractivity contribution < 1.29 is 9.53 Å². The fraction of sp³-hybridized carbons (Fsp3) is 0.562. The summed E-state index contributed by atoms with van der Waals surface area (Å²) in [7, 11) is 0. The van der Waals surface area contributed by atoms with Crippen LogP contribution in [-0.4, -0.2) is 36.2 Å². The molecule has 108 valence electrons. The molecule has 0 spiro atoms. The number of benzene rings is 1. The van der Waals surface area contributed by atoms with E-state index >= 15 is 0 Å². The van der Waals surface area contributed by atoms with Crippen molar-refractivity contribution in [1.82, 2.24) is 4.90 Å². The van der Waals surface area contributed by atoms with E-state index in [1.165, 1.54) is 0 Å².